The zero-order chi connectivity index (χ0) is 13.8. The number of fused-ring (bicyclic) bond motifs is 1. The Labute approximate surface area is 116 Å². The van der Waals surface area contributed by atoms with Gasteiger partial charge in [0.25, 0.3) is 0 Å². The predicted octanol–water partition coefficient (Wildman–Crippen LogP) is 2.35. The fourth-order valence-electron chi connectivity index (χ4n) is 2.48. The van der Waals surface area contributed by atoms with Crippen LogP contribution >= 0.6 is 0 Å². The summed E-state index contributed by atoms with van der Waals surface area (Å²) in [4.78, 5) is 14.4. The fourth-order valence-corrected chi connectivity index (χ4v) is 2.48. The molecule has 2 unspecified atom stereocenters. The Morgan fingerprint density at radius 2 is 2.00 bits per heavy atom. The van der Waals surface area contributed by atoms with Crippen LogP contribution in [0.25, 0.3) is 0 Å². The molecular weight excluding hydrogens is 236 g/mol. The standard InChI is InChI=1S/C16H24N2O/c1-4-12(2)17-16(19)13(3)18-10-9-14-7-5-6-8-15(14)11-18/h5-8,12-13H,4,9-11H2,1-3H3,(H,17,19). The van der Waals surface area contributed by atoms with Crippen molar-refractivity contribution in [3.8, 4) is 0 Å². The number of benzene rings is 1. The van der Waals surface area contributed by atoms with Crippen molar-refractivity contribution in [3.05, 3.63) is 35.4 Å². The molecule has 0 saturated heterocycles. The number of carbonyl (C=O) groups excluding carboxylic acids is 1. The first-order valence-electron chi connectivity index (χ1n) is 7.23. The summed E-state index contributed by atoms with van der Waals surface area (Å²) < 4.78 is 0. The Morgan fingerprint density at radius 3 is 2.68 bits per heavy atom. The van der Waals surface area contributed by atoms with Gasteiger partial charge in [0.15, 0.2) is 0 Å². The van der Waals surface area contributed by atoms with Gasteiger partial charge in [0.05, 0.1) is 6.04 Å². The van der Waals surface area contributed by atoms with Crippen molar-refractivity contribution in [1.29, 1.82) is 0 Å². The van der Waals surface area contributed by atoms with Crippen LogP contribution in [0.1, 0.15) is 38.3 Å². The molecule has 1 aliphatic rings. The summed E-state index contributed by atoms with van der Waals surface area (Å²) in [6.07, 6.45) is 2.01. The average molecular weight is 260 g/mol. The molecule has 1 heterocycles. The Hall–Kier alpha value is -1.35. The molecule has 19 heavy (non-hydrogen) atoms. The molecule has 2 atom stereocenters. The van der Waals surface area contributed by atoms with E-state index in [0.717, 1.165) is 25.9 Å². The van der Waals surface area contributed by atoms with Crippen molar-refractivity contribution in [1.82, 2.24) is 10.2 Å². The maximum absolute atomic E-state index is 12.2. The molecule has 3 nitrogen and oxygen atoms in total. The van der Waals surface area contributed by atoms with Gasteiger partial charge in [0, 0.05) is 19.1 Å². The molecule has 0 spiro atoms. The van der Waals surface area contributed by atoms with E-state index >= 15 is 0 Å². The largest absolute Gasteiger partial charge is 0.352 e. The van der Waals surface area contributed by atoms with Crippen molar-refractivity contribution in [3.63, 3.8) is 0 Å². The molecule has 0 fully saturated rings. The molecule has 1 aromatic rings. The lowest BCUT2D eigenvalue weighted by Crippen LogP contribution is -2.48. The molecular formula is C16H24N2O. The van der Waals surface area contributed by atoms with E-state index in [9.17, 15) is 4.79 Å². The predicted molar refractivity (Wildman–Crippen MR) is 77.9 cm³/mol. The zero-order valence-electron chi connectivity index (χ0n) is 12.1. The molecule has 0 aromatic heterocycles. The van der Waals surface area contributed by atoms with E-state index in [2.05, 4.69) is 48.3 Å². The van der Waals surface area contributed by atoms with Gasteiger partial charge in [-0.2, -0.15) is 0 Å². The Balaban J connectivity index is 1.98. The highest BCUT2D eigenvalue weighted by atomic mass is 16.2. The molecule has 1 N–H and O–H groups in total. The van der Waals surface area contributed by atoms with Crippen molar-refractivity contribution >= 4 is 5.91 Å². The first-order chi connectivity index (χ1) is 9.11. The lowest BCUT2D eigenvalue weighted by molar-refractivity contribution is -0.126. The second kappa shape index (κ2) is 6.20. The quantitative estimate of drug-likeness (QED) is 0.901. The second-order valence-electron chi connectivity index (χ2n) is 5.48. The maximum Gasteiger partial charge on any atom is 0.237 e. The molecule has 1 aromatic carbocycles. The minimum Gasteiger partial charge on any atom is -0.352 e. The summed E-state index contributed by atoms with van der Waals surface area (Å²) in [6, 6.07) is 8.73. The molecule has 1 aliphatic heterocycles. The van der Waals surface area contributed by atoms with Crippen LogP contribution in [0, 0.1) is 0 Å². The third-order valence-electron chi connectivity index (χ3n) is 4.09. The van der Waals surface area contributed by atoms with Gasteiger partial charge < -0.3 is 5.32 Å². The number of hydrogen-bond acceptors (Lipinski definition) is 2. The third-order valence-corrected chi connectivity index (χ3v) is 4.09. The number of carbonyl (C=O) groups is 1. The van der Waals surface area contributed by atoms with E-state index < -0.39 is 0 Å². The first-order valence-corrected chi connectivity index (χ1v) is 7.23. The van der Waals surface area contributed by atoms with Gasteiger partial charge in [-0.3, -0.25) is 9.69 Å². The molecule has 0 radical (unpaired) electrons. The van der Waals surface area contributed by atoms with E-state index in [0.29, 0.717) is 0 Å². The zero-order valence-corrected chi connectivity index (χ0v) is 12.1. The molecule has 104 valence electrons. The summed E-state index contributed by atoms with van der Waals surface area (Å²) in [6.45, 7) is 7.99. The Morgan fingerprint density at radius 1 is 1.32 bits per heavy atom. The van der Waals surface area contributed by atoms with Crippen LogP contribution in [0.3, 0.4) is 0 Å². The molecule has 0 bridgehead atoms. The lowest BCUT2D eigenvalue weighted by atomic mass is 9.98. The highest BCUT2D eigenvalue weighted by Gasteiger charge is 2.25. The fraction of sp³-hybridized carbons (Fsp3) is 0.562. The molecule has 1 amide bonds. The summed E-state index contributed by atoms with van der Waals surface area (Å²) in [7, 11) is 0. The minimum atomic E-state index is -0.0534. The van der Waals surface area contributed by atoms with Crippen LogP contribution in [0.4, 0.5) is 0 Å². The van der Waals surface area contributed by atoms with Crippen LogP contribution in [0.2, 0.25) is 0 Å². The van der Waals surface area contributed by atoms with Crippen molar-refractivity contribution in [2.24, 2.45) is 0 Å². The number of amides is 1. The van der Waals surface area contributed by atoms with Gasteiger partial charge in [-0.1, -0.05) is 31.2 Å². The van der Waals surface area contributed by atoms with Crippen LogP contribution < -0.4 is 5.32 Å². The summed E-state index contributed by atoms with van der Waals surface area (Å²) >= 11 is 0. The summed E-state index contributed by atoms with van der Waals surface area (Å²) in [5, 5.41) is 3.07. The Kier molecular flexibility index (Phi) is 4.59. The third kappa shape index (κ3) is 3.35. The minimum absolute atomic E-state index is 0.0534. The van der Waals surface area contributed by atoms with Crippen LogP contribution in [-0.2, 0) is 17.8 Å². The second-order valence-corrected chi connectivity index (χ2v) is 5.48. The highest BCUT2D eigenvalue weighted by Crippen LogP contribution is 2.20. The summed E-state index contributed by atoms with van der Waals surface area (Å²) in [5.74, 6) is 0.147. The summed E-state index contributed by atoms with van der Waals surface area (Å²) in [5.41, 5.74) is 2.78. The van der Waals surface area contributed by atoms with Gasteiger partial charge in [0.1, 0.15) is 0 Å². The van der Waals surface area contributed by atoms with E-state index in [4.69, 9.17) is 0 Å². The van der Waals surface area contributed by atoms with Gasteiger partial charge >= 0.3 is 0 Å². The van der Waals surface area contributed by atoms with Crippen LogP contribution in [0.5, 0.6) is 0 Å². The van der Waals surface area contributed by atoms with Crippen molar-refractivity contribution < 1.29 is 4.79 Å². The van der Waals surface area contributed by atoms with Crippen molar-refractivity contribution in [2.45, 2.75) is 52.2 Å². The normalized spacial score (nSPS) is 18.5. The number of rotatable bonds is 4. The molecule has 0 aliphatic carbocycles. The van der Waals surface area contributed by atoms with Gasteiger partial charge in [-0.15, -0.1) is 0 Å². The van der Waals surface area contributed by atoms with E-state index in [-0.39, 0.29) is 18.0 Å². The van der Waals surface area contributed by atoms with E-state index in [1.54, 1.807) is 0 Å². The number of nitrogens with zero attached hydrogens (tertiary/aromatic N) is 1. The SMILES string of the molecule is CCC(C)NC(=O)C(C)N1CCc2ccccc2C1. The smallest absolute Gasteiger partial charge is 0.237 e. The molecule has 3 heteroatoms. The first kappa shape index (κ1) is 14.1. The van der Waals surface area contributed by atoms with Gasteiger partial charge in [-0.05, 0) is 37.8 Å². The topological polar surface area (TPSA) is 32.3 Å². The number of nitrogens with one attached hydrogen (secondary N) is 1. The van der Waals surface area contributed by atoms with Crippen LogP contribution in [0.15, 0.2) is 24.3 Å². The molecule has 0 saturated carbocycles. The highest BCUT2D eigenvalue weighted by molar-refractivity contribution is 5.81. The van der Waals surface area contributed by atoms with Gasteiger partial charge in [0.2, 0.25) is 5.91 Å². The Bertz CT molecular complexity index is 444. The lowest BCUT2D eigenvalue weighted by Gasteiger charge is -2.33. The van der Waals surface area contributed by atoms with Gasteiger partial charge in [-0.25, -0.2) is 0 Å². The average Bonchev–Trinajstić information content (AvgIpc) is 2.45. The van der Waals surface area contributed by atoms with E-state index in [1.165, 1.54) is 11.1 Å². The van der Waals surface area contributed by atoms with Crippen molar-refractivity contribution in [2.75, 3.05) is 6.54 Å². The monoisotopic (exact) mass is 260 g/mol. The molecule has 2 rings (SSSR count). The maximum atomic E-state index is 12.2. The number of hydrogen-bond donors (Lipinski definition) is 1. The van der Waals surface area contributed by atoms with E-state index in [1.807, 2.05) is 6.92 Å². The van der Waals surface area contributed by atoms with Crippen LogP contribution in [-0.4, -0.2) is 29.4 Å².